The number of thioether (sulfide) groups is 1. The van der Waals surface area contributed by atoms with Crippen molar-refractivity contribution >= 4 is 39.5 Å². The molecule has 2 rings (SSSR count). The second-order valence-corrected chi connectivity index (χ2v) is 8.00. The maximum atomic E-state index is 12.8. The van der Waals surface area contributed by atoms with Gasteiger partial charge in [0.25, 0.3) is 0 Å². The summed E-state index contributed by atoms with van der Waals surface area (Å²) >= 11 is 4.90. The molecule has 138 valence electrons. The SMILES string of the molecule is CNC(=O)C(C)N(Cc1ccc(Br)cc1)C(=O)CSc1ccc(C)cc1. The highest BCUT2D eigenvalue weighted by molar-refractivity contribution is 9.10. The highest BCUT2D eigenvalue weighted by atomic mass is 79.9. The van der Waals surface area contributed by atoms with Crippen molar-refractivity contribution in [3.8, 4) is 0 Å². The molecule has 2 aromatic carbocycles. The summed E-state index contributed by atoms with van der Waals surface area (Å²) in [6.07, 6.45) is 0. The minimum atomic E-state index is -0.533. The number of halogens is 1. The van der Waals surface area contributed by atoms with E-state index in [1.54, 1.807) is 18.9 Å². The van der Waals surface area contributed by atoms with Gasteiger partial charge < -0.3 is 10.2 Å². The Balaban J connectivity index is 2.10. The predicted molar refractivity (Wildman–Crippen MR) is 110 cm³/mol. The third kappa shape index (κ3) is 5.88. The number of nitrogens with zero attached hydrogens (tertiary/aromatic N) is 1. The molecule has 0 aromatic heterocycles. The number of aryl methyl sites for hydroxylation is 1. The maximum absolute atomic E-state index is 12.8. The van der Waals surface area contributed by atoms with Crippen molar-refractivity contribution in [1.82, 2.24) is 10.2 Å². The smallest absolute Gasteiger partial charge is 0.242 e. The molecular formula is C20H23BrN2O2S. The van der Waals surface area contributed by atoms with Crippen molar-refractivity contribution in [1.29, 1.82) is 0 Å². The number of nitrogens with one attached hydrogen (secondary N) is 1. The molecule has 0 radical (unpaired) electrons. The summed E-state index contributed by atoms with van der Waals surface area (Å²) in [5.41, 5.74) is 2.17. The standard InChI is InChI=1S/C20H23BrN2O2S/c1-14-4-10-18(11-5-14)26-13-19(24)23(15(2)20(25)22-3)12-16-6-8-17(21)9-7-16/h4-11,15H,12-13H2,1-3H3,(H,22,25). The minimum Gasteiger partial charge on any atom is -0.357 e. The normalized spacial score (nSPS) is 11.7. The molecule has 26 heavy (non-hydrogen) atoms. The molecule has 0 heterocycles. The molecule has 2 amide bonds. The number of amides is 2. The molecule has 4 nitrogen and oxygen atoms in total. The van der Waals surface area contributed by atoms with Crippen LogP contribution < -0.4 is 5.32 Å². The van der Waals surface area contributed by atoms with Gasteiger partial charge >= 0.3 is 0 Å². The Morgan fingerprint density at radius 1 is 1.12 bits per heavy atom. The van der Waals surface area contributed by atoms with Crippen LogP contribution in [-0.2, 0) is 16.1 Å². The summed E-state index contributed by atoms with van der Waals surface area (Å²) in [5, 5.41) is 2.63. The van der Waals surface area contributed by atoms with E-state index in [4.69, 9.17) is 0 Å². The van der Waals surface area contributed by atoms with Crippen LogP contribution >= 0.6 is 27.7 Å². The Kier molecular flexibility index (Phi) is 7.72. The topological polar surface area (TPSA) is 49.4 Å². The number of carbonyl (C=O) groups is 2. The number of hydrogen-bond acceptors (Lipinski definition) is 3. The molecule has 0 bridgehead atoms. The number of rotatable bonds is 7. The van der Waals surface area contributed by atoms with Crippen molar-refractivity contribution in [2.24, 2.45) is 0 Å². The lowest BCUT2D eigenvalue weighted by Gasteiger charge is -2.28. The van der Waals surface area contributed by atoms with E-state index in [-0.39, 0.29) is 11.8 Å². The van der Waals surface area contributed by atoms with Crippen molar-refractivity contribution in [2.45, 2.75) is 31.3 Å². The van der Waals surface area contributed by atoms with Gasteiger partial charge in [0.05, 0.1) is 5.75 Å². The van der Waals surface area contributed by atoms with E-state index in [0.717, 1.165) is 14.9 Å². The average molecular weight is 435 g/mol. The van der Waals surface area contributed by atoms with Crippen molar-refractivity contribution in [3.05, 3.63) is 64.1 Å². The third-order valence-electron chi connectivity index (χ3n) is 4.06. The minimum absolute atomic E-state index is 0.0606. The molecule has 0 aliphatic heterocycles. The fourth-order valence-electron chi connectivity index (χ4n) is 2.44. The Morgan fingerprint density at radius 3 is 2.31 bits per heavy atom. The van der Waals surface area contributed by atoms with E-state index < -0.39 is 6.04 Å². The molecule has 0 saturated carbocycles. The number of carbonyl (C=O) groups excluding carboxylic acids is 2. The van der Waals surface area contributed by atoms with E-state index in [1.807, 2.05) is 55.5 Å². The van der Waals surface area contributed by atoms with Gasteiger partial charge in [-0.25, -0.2) is 0 Å². The van der Waals surface area contributed by atoms with E-state index >= 15 is 0 Å². The average Bonchev–Trinajstić information content (AvgIpc) is 2.65. The van der Waals surface area contributed by atoms with Gasteiger partial charge in [-0.1, -0.05) is 45.8 Å². The fraction of sp³-hybridized carbons (Fsp3) is 0.300. The summed E-state index contributed by atoms with van der Waals surface area (Å²) in [4.78, 5) is 27.6. The van der Waals surface area contributed by atoms with Crippen molar-refractivity contribution in [3.63, 3.8) is 0 Å². The molecule has 1 atom stereocenters. The monoisotopic (exact) mass is 434 g/mol. The molecule has 1 N–H and O–H groups in total. The number of likely N-dealkylation sites (N-methyl/N-ethyl adjacent to an activating group) is 1. The van der Waals surface area contributed by atoms with Gasteiger partial charge in [-0.2, -0.15) is 0 Å². The predicted octanol–water partition coefficient (Wildman–Crippen LogP) is 4.01. The first-order valence-electron chi connectivity index (χ1n) is 8.35. The highest BCUT2D eigenvalue weighted by Crippen LogP contribution is 2.20. The molecule has 0 aliphatic rings. The maximum Gasteiger partial charge on any atom is 0.242 e. The van der Waals surface area contributed by atoms with E-state index in [1.165, 1.54) is 17.3 Å². The first kappa shape index (κ1) is 20.5. The van der Waals surface area contributed by atoms with Crippen molar-refractivity contribution in [2.75, 3.05) is 12.8 Å². The molecule has 0 fully saturated rings. The van der Waals surface area contributed by atoms with Crippen LogP contribution in [0.4, 0.5) is 0 Å². The Bertz CT molecular complexity index is 747. The van der Waals surface area contributed by atoms with Gasteiger partial charge in [-0.15, -0.1) is 11.8 Å². The zero-order valence-electron chi connectivity index (χ0n) is 15.2. The van der Waals surface area contributed by atoms with E-state index in [9.17, 15) is 9.59 Å². The lowest BCUT2D eigenvalue weighted by Crippen LogP contribution is -2.47. The van der Waals surface area contributed by atoms with Crippen LogP contribution in [0.3, 0.4) is 0 Å². The van der Waals surface area contributed by atoms with E-state index in [0.29, 0.717) is 12.3 Å². The Morgan fingerprint density at radius 2 is 1.73 bits per heavy atom. The first-order valence-corrected chi connectivity index (χ1v) is 10.1. The lowest BCUT2D eigenvalue weighted by atomic mass is 10.1. The van der Waals surface area contributed by atoms with Crippen LogP contribution in [0.5, 0.6) is 0 Å². The molecule has 0 aliphatic carbocycles. The molecule has 2 aromatic rings. The van der Waals surface area contributed by atoms with Gasteiger partial charge in [0.2, 0.25) is 11.8 Å². The fourth-order valence-corrected chi connectivity index (χ4v) is 3.49. The summed E-state index contributed by atoms with van der Waals surface area (Å²) < 4.78 is 0.980. The van der Waals surface area contributed by atoms with Crippen LogP contribution in [0, 0.1) is 6.92 Å². The number of benzene rings is 2. The van der Waals surface area contributed by atoms with Crippen LogP contribution in [0.1, 0.15) is 18.1 Å². The second-order valence-electron chi connectivity index (χ2n) is 6.04. The van der Waals surface area contributed by atoms with Gasteiger partial charge in [-0.05, 0) is 43.7 Å². The lowest BCUT2D eigenvalue weighted by molar-refractivity contribution is -0.138. The Hall–Kier alpha value is -1.79. The second kappa shape index (κ2) is 9.78. The summed E-state index contributed by atoms with van der Waals surface area (Å²) in [5.74, 6) is 0.0615. The third-order valence-corrected chi connectivity index (χ3v) is 5.59. The highest BCUT2D eigenvalue weighted by Gasteiger charge is 2.25. The van der Waals surface area contributed by atoms with Gasteiger partial charge in [0, 0.05) is 23.0 Å². The molecular weight excluding hydrogens is 412 g/mol. The molecule has 0 spiro atoms. The van der Waals surface area contributed by atoms with Gasteiger partial charge in [0.1, 0.15) is 6.04 Å². The van der Waals surface area contributed by atoms with Gasteiger partial charge in [-0.3, -0.25) is 9.59 Å². The number of hydrogen-bond donors (Lipinski definition) is 1. The molecule has 0 saturated heterocycles. The van der Waals surface area contributed by atoms with Gasteiger partial charge in [0.15, 0.2) is 0 Å². The summed E-state index contributed by atoms with van der Waals surface area (Å²) in [6, 6.07) is 15.3. The first-order chi connectivity index (χ1) is 12.4. The van der Waals surface area contributed by atoms with Crippen molar-refractivity contribution < 1.29 is 9.59 Å². The zero-order chi connectivity index (χ0) is 19.1. The van der Waals surface area contributed by atoms with E-state index in [2.05, 4.69) is 21.2 Å². The summed E-state index contributed by atoms with van der Waals surface area (Å²) in [7, 11) is 1.59. The summed E-state index contributed by atoms with van der Waals surface area (Å²) in [6.45, 7) is 4.19. The quantitative estimate of drug-likeness (QED) is 0.669. The molecule has 1 unspecified atom stereocenters. The van der Waals surface area contributed by atoms with Crippen LogP contribution in [0.2, 0.25) is 0 Å². The van der Waals surface area contributed by atoms with Crippen LogP contribution in [-0.4, -0.2) is 35.6 Å². The largest absolute Gasteiger partial charge is 0.357 e. The molecule has 6 heteroatoms. The van der Waals surface area contributed by atoms with Crippen LogP contribution in [0.15, 0.2) is 57.9 Å². The van der Waals surface area contributed by atoms with Crippen LogP contribution in [0.25, 0.3) is 0 Å². The zero-order valence-corrected chi connectivity index (χ0v) is 17.6. The Labute approximate surface area is 167 Å².